The van der Waals surface area contributed by atoms with Crippen molar-refractivity contribution >= 4 is 18.5 Å². The first-order valence-corrected chi connectivity index (χ1v) is 5.11. The zero-order valence-electron chi connectivity index (χ0n) is 8.57. The van der Waals surface area contributed by atoms with E-state index in [0.29, 0.717) is 5.56 Å². The van der Waals surface area contributed by atoms with Crippen LogP contribution in [0.3, 0.4) is 0 Å². The molecule has 0 aliphatic carbocycles. The molecule has 94 valence electrons. The van der Waals surface area contributed by atoms with Gasteiger partial charge in [0.2, 0.25) is 5.91 Å². The Hall–Kier alpha value is -1.37. The van der Waals surface area contributed by atoms with Crippen LogP contribution in [0.25, 0.3) is 0 Å². The fraction of sp³-hybridized carbons (Fsp3) is 0.300. The average molecular weight is 265 g/mol. The number of carbonyl (C=O) groups excluding carboxylic acids is 1. The Labute approximate surface area is 101 Å². The van der Waals surface area contributed by atoms with Gasteiger partial charge < -0.3 is 10.5 Å². The molecule has 0 radical (unpaired) electrons. The van der Waals surface area contributed by atoms with E-state index in [2.05, 4.69) is 17.4 Å². The summed E-state index contributed by atoms with van der Waals surface area (Å²) in [5, 5.41) is -0.438. The van der Waals surface area contributed by atoms with Gasteiger partial charge in [-0.15, -0.1) is 13.2 Å². The Kier molecular flexibility index (Phi) is 4.28. The topological polar surface area (TPSA) is 52.3 Å². The Morgan fingerprint density at radius 2 is 1.88 bits per heavy atom. The van der Waals surface area contributed by atoms with Gasteiger partial charge in [0, 0.05) is 11.7 Å². The summed E-state index contributed by atoms with van der Waals surface area (Å²) in [5.74, 6) is -0.846. The molecule has 0 fully saturated rings. The summed E-state index contributed by atoms with van der Waals surface area (Å²) in [6.07, 6.45) is -4.70. The number of ether oxygens (including phenoxy) is 1. The van der Waals surface area contributed by atoms with Gasteiger partial charge in [-0.05, 0) is 17.7 Å². The number of benzene rings is 1. The Bertz CT molecular complexity index is 392. The van der Waals surface area contributed by atoms with Crippen LogP contribution >= 0.6 is 12.6 Å². The lowest BCUT2D eigenvalue weighted by Gasteiger charge is -2.11. The SMILES string of the molecule is NC(=O)CC(S)c1ccc(OC(F)(F)F)cc1. The summed E-state index contributed by atoms with van der Waals surface area (Å²) >= 11 is 4.12. The van der Waals surface area contributed by atoms with Crippen LogP contribution in [0, 0.1) is 0 Å². The van der Waals surface area contributed by atoms with E-state index >= 15 is 0 Å². The molecule has 3 nitrogen and oxygen atoms in total. The van der Waals surface area contributed by atoms with Crippen LogP contribution in [-0.2, 0) is 4.79 Å². The lowest BCUT2D eigenvalue weighted by atomic mass is 10.1. The highest BCUT2D eigenvalue weighted by atomic mass is 32.1. The van der Waals surface area contributed by atoms with Crippen LogP contribution in [-0.4, -0.2) is 12.3 Å². The first kappa shape index (κ1) is 13.7. The largest absolute Gasteiger partial charge is 0.573 e. The van der Waals surface area contributed by atoms with E-state index in [1.807, 2.05) is 0 Å². The molecule has 17 heavy (non-hydrogen) atoms. The van der Waals surface area contributed by atoms with E-state index in [0.717, 1.165) is 12.1 Å². The van der Waals surface area contributed by atoms with Gasteiger partial charge in [0.15, 0.2) is 0 Å². The van der Waals surface area contributed by atoms with E-state index in [-0.39, 0.29) is 12.2 Å². The summed E-state index contributed by atoms with van der Waals surface area (Å²) < 4.78 is 39.3. The first-order valence-electron chi connectivity index (χ1n) is 4.60. The lowest BCUT2D eigenvalue weighted by Crippen LogP contribution is -2.17. The smallest absolute Gasteiger partial charge is 0.406 e. The maximum Gasteiger partial charge on any atom is 0.573 e. The molecule has 0 spiro atoms. The van der Waals surface area contributed by atoms with Crippen LogP contribution in [0.4, 0.5) is 13.2 Å². The minimum atomic E-state index is -4.71. The molecule has 1 rings (SSSR count). The van der Waals surface area contributed by atoms with Crippen molar-refractivity contribution in [2.75, 3.05) is 0 Å². The van der Waals surface area contributed by atoms with Crippen molar-refractivity contribution in [2.45, 2.75) is 18.0 Å². The van der Waals surface area contributed by atoms with Gasteiger partial charge in [-0.25, -0.2) is 0 Å². The van der Waals surface area contributed by atoms with Crippen molar-refractivity contribution in [1.29, 1.82) is 0 Å². The van der Waals surface area contributed by atoms with Crippen LogP contribution in [0.5, 0.6) is 5.75 Å². The Morgan fingerprint density at radius 1 is 1.35 bits per heavy atom. The maximum absolute atomic E-state index is 11.9. The van der Waals surface area contributed by atoms with Crippen LogP contribution < -0.4 is 10.5 Å². The third-order valence-corrected chi connectivity index (χ3v) is 2.37. The molecule has 2 N–H and O–H groups in total. The molecule has 0 saturated heterocycles. The van der Waals surface area contributed by atoms with E-state index in [9.17, 15) is 18.0 Å². The highest BCUT2D eigenvalue weighted by Gasteiger charge is 2.31. The van der Waals surface area contributed by atoms with Crippen LogP contribution in [0.1, 0.15) is 17.2 Å². The highest BCUT2D eigenvalue weighted by Crippen LogP contribution is 2.27. The molecule has 0 bridgehead atoms. The molecule has 1 unspecified atom stereocenters. The Balaban J connectivity index is 2.71. The Morgan fingerprint density at radius 3 is 2.29 bits per heavy atom. The van der Waals surface area contributed by atoms with Crippen molar-refractivity contribution in [3.05, 3.63) is 29.8 Å². The molecule has 1 aromatic carbocycles. The summed E-state index contributed by atoms with van der Waals surface area (Å²) in [6, 6.07) is 5.13. The van der Waals surface area contributed by atoms with Gasteiger partial charge in [0.1, 0.15) is 5.75 Å². The number of nitrogens with two attached hydrogens (primary N) is 1. The van der Waals surface area contributed by atoms with Gasteiger partial charge in [-0.3, -0.25) is 4.79 Å². The second kappa shape index (κ2) is 5.31. The first-order chi connectivity index (χ1) is 7.78. The monoisotopic (exact) mass is 265 g/mol. The highest BCUT2D eigenvalue weighted by molar-refractivity contribution is 7.80. The van der Waals surface area contributed by atoms with Crippen LogP contribution in [0.2, 0.25) is 0 Å². The minimum Gasteiger partial charge on any atom is -0.406 e. The summed E-state index contributed by atoms with van der Waals surface area (Å²) in [4.78, 5) is 10.6. The molecular formula is C10H10F3NO2S. The zero-order valence-corrected chi connectivity index (χ0v) is 9.46. The van der Waals surface area contributed by atoms with E-state index in [1.54, 1.807) is 0 Å². The number of amides is 1. The molecule has 1 aromatic rings. The van der Waals surface area contributed by atoms with Crippen molar-refractivity contribution < 1.29 is 22.7 Å². The number of carbonyl (C=O) groups is 1. The lowest BCUT2D eigenvalue weighted by molar-refractivity contribution is -0.274. The average Bonchev–Trinajstić information content (AvgIpc) is 2.15. The third-order valence-electron chi connectivity index (χ3n) is 1.89. The molecule has 1 amide bonds. The summed E-state index contributed by atoms with van der Waals surface area (Å²) in [5.41, 5.74) is 5.58. The molecule has 7 heteroatoms. The summed E-state index contributed by atoms with van der Waals surface area (Å²) in [7, 11) is 0. The number of primary amides is 1. The number of halogens is 3. The quantitative estimate of drug-likeness (QED) is 0.821. The molecule has 0 saturated carbocycles. The molecule has 1 atom stereocenters. The fourth-order valence-electron chi connectivity index (χ4n) is 1.20. The van der Waals surface area contributed by atoms with Gasteiger partial charge in [-0.2, -0.15) is 12.6 Å². The van der Waals surface area contributed by atoms with Crippen molar-refractivity contribution in [1.82, 2.24) is 0 Å². The standard InChI is InChI=1S/C10H10F3NO2S/c11-10(12,13)16-7-3-1-6(2-4-7)8(17)5-9(14)15/h1-4,8,17H,5H2,(H2,14,15). The second-order valence-electron chi connectivity index (χ2n) is 3.30. The predicted molar refractivity (Wildman–Crippen MR) is 58.7 cm³/mol. The molecule has 0 aliphatic rings. The zero-order chi connectivity index (χ0) is 13.1. The minimum absolute atomic E-state index is 0.0165. The van der Waals surface area contributed by atoms with Crippen molar-refractivity contribution in [2.24, 2.45) is 5.73 Å². The summed E-state index contributed by atoms with van der Waals surface area (Å²) in [6.45, 7) is 0. The number of hydrogen-bond acceptors (Lipinski definition) is 3. The molecular weight excluding hydrogens is 255 g/mol. The number of rotatable bonds is 4. The number of hydrogen-bond donors (Lipinski definition) is 2. The van der Waals surface area contributed by atoms with E-state index in [1.165, 1.54) is 12.1 Å². The normalized spacial score (nSPS) is 13.2. The van der Waals surface area contributed by atoms with E-state index in [4.69, 9.17) is 5.73 Å². The number of thiol groups is 1. The molecule has 0 heterocycles. The van der Waals surface area contributed by atoms with Crippen molar-refractivity contribution in [3.63, 3.8) is 0 Å². The van der Waals surface area contributed by atoms with E-state index < -0.39 is 17.5 Å². The fourth-order valence-corrected chi connectivity index (χ4v) is 1.55. The van der Waals surface area contributed by atoms with Crippen molar-refractivity contribution in [3.8, 4) is 5.75 Å². The van der Waals surface area contributed by atoms with Gasteiger partial charge >= 0.3 is 6.36 Å². The maximum atomic E-state index is 11.9. The molecule has 0 aromatic heterocycles. The second-order valence-corrected chi connectivity index (χ2v) is 3.93. The van der Waals surface area contributed by atoms with Gasteiger partial charge in [0.05, 0.1) is 0 Å². The predicted octanol–water partition coefficient (Wildman–Crippen LogP) is 2.43. The van der Waals surface area contributed by atoms with Gasteiger partial charge in [-0.1, -0.05) is 12.1 Å². The number of alkyl halides is 3. The van der Waals surface area contributed by atoms with Gasteiger partial charge in [0.25, 0.3) is 0 Å². The third kappa shape index (κ3) is 4.99. The molecule has 0 aliphatic heterocycles. The van der Waals surface area contributed by atoms with Crippen LogP contribution in [0.15, 0.2) is 24.3 Å².